The van der Waals surface area contributed by atoms with Crippen LogP contribution >= 0.6 is 11.6 Å². The Labute approximate surface area is 336 Å². The molecule has 2 aliphatic rings. The number of anilines is 7. The lowest BCUT2D eigenvalue weighted by atomic mass is 9.91. The van der Waals surface area contributed by atoms with Gasteiger partial charge >= 0.3 is 0 Å². The van der Waals surface area contributed by atoms with Crippen LogP contribution in [0.2, 0.25) is 5.02 Å². The maximum absolute atomic E-state index is 15.5. The van der Waals surface area contributed by atoms with E-state index in [9.17, 15) is 13.2 Å². The number of hydrogen-bond donors (Lipinski definition) is 2. The zero-order valence-electron chi connectivity index (χ0n) is 32.0. The Morgan fingerprint density at radius 1 is 0.724 bits per heavy atom. The van der Waals surface area contributed by atoms with Gasteiger partial charge in [-0.3, -0.25) is 4.98 Å². The molecule has 0 atom stereocenters. The Morgan fingerprint density at radius 2 is 1.29 bits per heavy atom. The van der Waals surface area contributed by atoms with E-state index in [4.69, 9.17) is 21.3 Å². The smallest absolute Gasteiger partial charge is 0.137 e. The topological polar surface area (TPSA) is 104 Å². The summed E-state index contributed by atoms with van der Waals surface area (Å²) < 4.78 is 62.5. The number of nitrogens with zero attached hydrogens (tertiary/aromatic N) is 7. The van der Waals surface area contributed by atoms with Crippen molar-refractivity contribution in [3.63, 3.8) is 0 Å². The molecule has 2 aromatic carbocycles. The summed E-state index contributed by atoms with van der Waals surface area (Å²) >= 11 is 6.19. The largest absolute Gasteiger partial charge is 0.378 e. The van der Waals surface area contributed by atoms with Crippen LogP contribution in [0.5, 0.6) is 0 Å². The number of pyridine rings is 5. The van der Waals surface area contributed by atoms with Gasteiger partial charge in [0.05, 0.1) is 69.0 Å². The average molecular weight is 808 g/mol. The van der Waals surface area contributed by atoms with Gasteiger partial charge in [0, 0.05) is 72.8 Å². The quantitative estimate of drug-likeness (QED) is 0.158. The highest BCUT2D eigenvalue weighted by atomic mass is 35.5. The van der Waals surface area contributed by atoms with Crippen molar-refractivity contribution in [1.29, 1.82) is 0 Å². The van der Waals surface area contributed by atoms with Crippen molar-refractivity contribution in [1.82, 2.24) is 24.9 Å². The van der Waals surface area contributed by atoms with Crippen LogP contribution in [0, 0.1) is 37.1 Å². The van der Waals surface area contributed by atoms with E-state index in [-0.39, 0.29) is 32.2 Å². The molecule has 0 bridgehead atoms. The number of ether oxygens (including phenoxy) is 1. The van der Waals surface area contributed by atoms with Crippen molar-refractivity contribution < 1.29 is 22.3 Å². The summed E-state index contributed by atoms with van der Waals surface area (Å²) in [5.74, 6) is -0.667. The van der Waals surface area contributed by atoms with Crippen molar-refractivity contribution in [3.8, 4) is 0 Å². The van der Waals surface area contributed by atoms with Gasteiger partial charge in [0.15, 0.2) is 0 Å². The molecule has 2 aliphatic heterocycles. The average Bonchev–Trinajstić information content (AvgIpc) is 3.47. The van der Waals surface area contributed by atoms with Crippen LogP contribution in [0.15, 0.2) is 85.3 Å². The van der Waals surface area contributed by atoms with Crippen LogP contribution in [-0.4, -0.2) is 57.8 Å². The number of benzene rings is 2. The third-order valence-corrected chi connectivity index (χ3v) is 10.7. The fourth-order valence-electron chi connectivity index (χ4n) is 7.36. The first-order valence-electron chi connectivity index (χ1n) is 18.6. The number of morpholine rings is 1. The van der Waals surface area contributed by atoms with Gasteiger partial charge in [0.25, 0.3) is 0 Å². The Morgan fingerprint density at radius 3 is 1.88 bits per heavy atom. The minimum Gasteiger partial charge on any atom is -0.378 e. The van der Waals surface area contributed by atoms with Gasteiger partial charge in [-0.15, -0.1) is 0 Å². The molecule has 7 heterocycles. The number of hydrogen-bond acceptors (Lipinski definition) is 10. The Bertz CT molecular complexity index is 2660. The standard InChI is InChI=1S/C28H28F2N6O.C15H10ClF2N3/c1-17-25(24-20(30)12-18(29)13-21(24)33-27(17)34-23-6-4-5-7-31-23)36-16-28(2,3)26-22(36)14-19(15-32-26)35-8-10-37-11-9-35;1-8-14(16)13-10(18)6-9(17)7-11(13)20-15(8)21-12-4-2-3-5-19-12/h4-7,12-15H,8-11,16H2,1-3H3,(H,31,33,34);2-7H,1H3,(H,19,20,21). The van der Waals surface area contributed by atoms with Gasteiger partial charge in [-0.05, 0) is 44.2 Å². The summed E-state index contributed by atoms with van der Waals surface area (Å²) in [6.45, 7) is 11.4. The molecule has 10 nitrogen and oxygen atoms in total. The molecular formula is C43H38ClF4N9O. The van der Waals surface area contributed by atoms with Gasteiger partial charge in [-0.25, -0.2) is 37.5 Å². The minimum atomic E-state index is -0.727. The molecule has 1 saturated heterocycles. The molecule has 1 fully saturated rings. The molecule has 0 radical (unpaired) electrons. The van der Waals surface area contributed by atoms with E-state index >= 15 is 4.39 Å². The Hall–Kier alpha value is -6.12. The highest BCUT2D eigenvalue weighted by Gasteiger charge is 2.40. The maximum Gasteiger partial charge on any atom is 0.137 e. The number of halogens is 5. The van der Waals surface area contributed by atoms with Crippen LogP contribution in [0.4, 0.5) is 57.9 Å². The molecule has 0 amide bonds. The van der Waals surface area contributed by atoms with Crippen molar-refractivity contribution in [2.75, 3.05) is 53.3 Å². The van der Waals surface area contributed by atoms with E-state index < -0.39 is 23.3 Å². The minimum absolute atomic E-state index is 0.113. The molecule has 9 rings (SSSR count). The zero-order chi connectivity index (χ0) is 40.7. The lowest BCUT2D eigenvalue weighted by Crippen LogP contribution is -2.36. The highest BCUT2D eigenvalue weighted by Crippen LogP contribution is 2.49. The molecule has 0 saturated carbocycles. The van der Waals surface area contributed by atoms with Gasteiger partial charge in [-0.1, -0.05) is 37.6 Å². The van der Waals surface area contributed by atoms with E-state index in [0.717, 1.165) is 53.9 Å². The second kappa shape index (κ2) is 15.7. The monoisotopic (exact) mass is 807 g/mol. The number of aromatic nitrogens is 5. The third kappa shape index (κ3) is 7.52. The maximum atomic E-state index is 15.5. The predicted octanol–water partition coefficient (Wildman–Crippen LogP) is 10.2. The van der Waals surface area contributed by atoms with Crippen LogP contribution in [0.25, 0.3) is 21.8 Å². The van der Waals surface area contributed by atoms with E-state index in [1.807, 2.05) is 37.4 Å². The van der Waals surface area contributed by atoms with Gasteiger partial charge in [0.1, 0.15) is 46.5 Å². The lowest BCUT2D eigenvalue weighted by molar-refractivity contribution is 0.122. The summed E-state index contributed by atoms with van der Waals surface area (Å²) in [5, 5.41) is 6.84. The van der Waals surface area contributed by atoms with E-state index in [2.05, 4.69) is 60.3 Å². The first-order valence-corrected chi connectivity index (χ1v) is 19.0. The second-order valence-corrected chi connectivity index (χ2v) is 15.1. The van der Waals surface area contributed by atoms with Crippen LogP contribution < -0.4 is 20.4 Å². The third-order valence-electron chi connectivity index (χ3n) is 10.2. The van der Waals surface area contributed by atoms with Crippen molar-refractivity contribution in [2.24, 2.45) is 0 Å². The molecule has 296 valence electrons. The Balaban J connectivity index is 0.000000189. The van der Waals surface area contributed by atoms with Gasteiger partial charge < -0.3 is 25.2 Å². The number of rotatable bonds is 6. The van der Waals surface area contributed by atoms with E-state index in [1.165, 1.54) is 6.07 Å². The first-order chi connectivity index (χ1) is 27.9. The molecule has 2 N–H and O–H groups in total. The fraction of sp³-hybridized carbons (Fsp3) is 0.233. The fourth-order valence-corrected chi connectivity index (χ4v) is 7.64. The predicted molar refractivity (Wildman–Crippen MR) is 220 cm³/mol. The van der Waals surface area contributed by atoms with Crippen LogP contribution in [0.3, 0.4) is 0 Å². The van der Waals surface area contributed by atoms with Crippen molar-refractivity contribution in [3.05, 3.63) is 130 Å². The summed E-state index contributed by atoms with van der Waals surface area (Å²) in [6, 6.07) is 17.1. The molecule has 7 aromatic rings. The van der Waals surface area contributed by atoms with Crippen LogP contribution in [-0.2, 0) is 10.2 Å². The zero-order valence-corrected chi connectivity index (χ0v) is 32.8. The summed E-state index contributed by atoms with van der Waals surface area (Å²) in [5.41, 5.74) is 4.91. The van der Waals surface area contributed by atoms with Gasteiger partial charge in [-0.2, -0.15) is 0 Å². The number of nitrogens with one attached hydrogen (secondary N) is 2. The van der Waals surface area contributed by atoms with Gasteiger partial charge in [0.2, 0.25) is 0 Å². The number of fused-ring (bicyclic) bond motifs is 3. The Kier molecular flexibility index (Phi) is 10.5. The molecule has 0 aliphatic carbocycles. The molecule has 58 heavy (non-hydrogen) atoms. The van der Waals surface area contributed by atoms with E-state index in [1.54, 1.807) is 31.5 Å². The summed E-state index contributed by atoms with van der Waals surface area (Å²) in [7, 11) is 0. The molecule has 0 unspecified atom stereocenters. The normalized spacial score (nSPS) is 14.6. The first kappa shape index (κ1) is 38.7. The SMILES string of the molecule is Cc1c(Nc2ccccn2)nc2cc(F)cc(F)c2c1Cl.Cc1c(Nc2ccccn2)nc2cc(F)cc(F)c2c1N1CC(C)(C)c2ncc(N3CCOCC3)cc21. The summed E-state index contributed by atoms with van der Waals surface area (Å²) in [6.07, 6.45) is 5.22. The molecular weight excluding hydrogens is 770 g/mol. The lowest BCUT2D eigenvalue weighted by Gasteiger charge is -2.30. The van der Waals surface area contributed by atoms with Crippen molar-refractivity contribution in [2.45, 2.75) is 33.1 Å². The van der Waals surface area contributed by atoms with E-state index in [0.29, 0.717) is 54.3 Å². The molecule has 15 heteroatoms. The summed E-state index contributed by atoms with van der Waals surface area (Å²) in [4.78, 5) is 26.5. The van der Waals surface area contributed by atoms with Crippen LogP contribution in [0.1, 0.15) is 30.7 Å². The molecule has 0 spiro atoms. The second-order valence-electron chi connectivity index (χ2n) is 14.7. The van der Waals surface area contributed by atoms with Crippen molar-refractivity contribution >= 4 is 73.7 Å². The molecule has 5 aromatic heterocycles. The highest BCUT2D eigenvalue weighted by molar-refractivity contribution is 6.36.